The van der Waals surface area contributed by atoms with Crippen molar-refractivity contribution in [1.29, 1.82) is 0 Å². The lowest BCUT2D eigenvalue weighted by atomic mass is 9.99. The van der Waals surface area contributed by atoms with Crippen LogP contribution in [0.2, 0.25) is 0 Å². The number of methoxy groups -OCH3 is 3. The lowest BCUT2D eigenvalue weighted by Gasteiger charge is -2.20. The molecule has 3 N–H and O–H groups in total. The fourth-order valence-corrected chi connectivity index (χ4v) is 7.06. The first-order valence-corrected chi connectivity index (χ1v) is 29.1. The van der Waals surface area contributed by atoms with Crippen LogP contribution in [0.3, 0.4) is 0 Å². The molecule has 442 valence electrons. The third-order valence-electron chi connectivity index (χ3n) is 10.5. The summed E-state index contributed by atoms with van der Waals surface area (Å²) in [5, 5.41) is 5.55. The van der Waals surface area contributed by atoms with E-state index in [0.29, 0.717) is 165 Å². The van der Waals surface area contributed by atoms with Crippen LogP contribution in [0.15, 0.2) is 0 Å². The van der Waals surface area contributed by atoms with Crippen molar-refractivity contribution in [3.63, 3.8) is 0 Å². The minimum atomic E-state index is -2.74. The summed E-state index contributed by atoms with van der Waals surface area (Å²) in [5.41, 5.74) is -0.0844. The molecule has 25 heteroatoms. The van der Waals surface area contributed by atoms with Gasteiger partial charge in [-0.25, -0.2) is 0 Å². The maximum atomic E-state index is 13.3. The summed E-state index contributed by atoms with van der Waals surface area (Å²) in [5.74, 6) is -1.42. The van der Waals surface area contributed by atoms with Crippen molar-refractivity contribution in [3.8, 4) is 0 Å². The molecule has 0 saturated heterocycles. The van der Waals surface area contributed by atoms with Gasteiger partial charge in [-0.2, -0.15) is 0 Å². The fraction of sp³-hybridized carbons (Fsp3) is 0.900. The summed E-state index contributed by atoms with van der Waals surface area (Å²) in [7, 11) is 4.71. The molecule has 0 spiro atoms. The first-order chi connectivity index (χ1) is 36.4. The molecule has 0 saturated carbocycles. The maximum Gasteiger partial charge on any atom is 0.222 e. The van der Waals surface area contributed by atoms with Gasteiger partial charge in [0.05, 0.1) is 164 Å². The molecule has 0 aliphatic heterocycles. The SMILES string of the molecule is COCCOCCCC(=O)CCC(NC(=O)CCC(NC(=O)CCOCCOCCOCCOCCOCCOCCOCCOCCOP(O)(=S)C(C)C)C(=O)CCCOCCOC)C(=O)CCCOCCOC. The lowest BCUT2D eigenvalue weighted by Crippen LogP contribution is -2.44. The highest BCUT2D eigenvalue weighted by molar-refractivity contribution is 8.09. The normalized spacial score (nSPS) is 13.2. The molecule has 0 aliphatic carbocycles. The van der Waals surface area contributed by atoms with E-state index in [9.17, 15) is 28.9 Å². The van der Waals surface area contributed by atoms with E-state index in [-0.39, 0.29) is 101 Å². The second kappa shape index (κ2) is 53.9. The molecule has 0 fully saturated rings. The van der Waals surface area contributed by atoms with E-state index < -0.39 is 30.4 Å². The second-order valence-corrected chi connectivity index (χ2v) is 21.0. The maximum absolute atomic E-state index is 13.3. The highest BCUT2D eigenvalue weighted by Crippen LogP contribution is 2.47. The van der Waals surface area contributed by atoms with E-state index in [4.69, 9.17) is 82.6 Å². The Morgan fingerprint density at radius 3 is 1.04 bits per heavy atom. The molecule has 2 amide bonds. The first-order valence-electron chi connectivity index (χ1n) is 26.3. The van der Waals surface area contributed by atoms with E-state index in [0.717, 1.165) is 0 Å². The fourth-order valence-electron chi connectivity index (χ4n) is 6.20. The molecule has 75 heavy (non-hydrogen) atoms. The van der Waals surface area contributed by atoms with Crippen LogP contribution >= 0.6 is 6.49 Å². The molecule has 0 bridgehead atoms. The standard InChI is InChI=1S/C50H95N2O21PS/c1-43(2)74(58,75)73-42-41-72-40-39-71-38-37-70-36-35-69-34-33-68-32-31-67-30-29-66-28-27-65-20-16-50(57)52-46(48(55)11-8-19-64-26-23-61-5)14-15-49(56)51-45(47(54)10-7-18-63-25-22-60-4)13-12-44(53)9-6-17-62-24-21-59-3/h43,45-46H,6-42H2,1-5H3,(H,51,56)(H,52,57)(H,58,75). The van der Waals surface area contributed by atoms with Crippen LogP contribution < -0.4 is 10.6 Å². The van der Waals surface area contributed by atoms with Crippen molar-refractivity contribution in [3.05, 3.63) is 0 Å². The number of ether oxygens (including phenoxy) is 14. The zero-order valence-electron chi connectivity index (χ0n) is 45.9. The number of ketones is 3. The van der Waals surface area contributed by atoms with Gasteiger partial charge in [0.15, 0.2) is 18.1 Å². The minimum Gasteiger partial charge on any atom is -0.382 e. The summed E-state index contributed by atoms with van der Waals surface area (Å²) in [6.45, 7) is 10.7. The van der Waals surface area contributed by atoms with Gasteiger partial charge in [-0.05, 0) is 43.9 Å². The van der Waals surface area contributed by atoms with Crippen LogP contribution in [0.1, 0.15) is 84.5 Å². The predicted molar refractivity (Wildman–Crippen MR) is 282 cm³/mol. The molecule has 0 aromatic rings. The molecule has 0 radical (unpaired) electrons. The van der Waals surface area contributed by atoms with Gasteiger partial charge in [0.1, 0.15) is 5.78 Å². The van der Waals surface area contributed by atoms with E-state index >= 15 is 0 Å². The van der Waals surface area contributed by atoms with Gasteiger partial charge in [-0.1, -0.05) is 13.8 Å². The average Bonchev–Trinajstić information content (AvgIpc) is 3.38. The van der Waals surface area contributed by atoms with Crippen LogP contribution in [0, 0.1) is 0 Å². The van der Waals surface area contributed by atoms with Gasteiger partial charge in [0.2, 0.25) is 11.8 Å². The van der Waals surface area contributed by atoms with Gasteiger partial charge >= 0.3 is 0 Å². The Hall–Kier alpha value is -2.04. The topological polar surface area (TPSA) is 268 Å². The van der Waals surface area contributed by atoms with Crippen LogP contribution in [0.4, 0.5) is 0 Å². The smallest absolute Gasteiger partial charge is 0.222 e. The van der Waals surface area contributed by atoms with E-state index in [1.807, 2.05) is 13.8 Å². The van der Waals surface area contributed by atoms with Gasteiger partial charge in [0, 0.05) is 85.3 Å². The summed E-state index contributed by atoms with van der Waals surface area (Å²) in [6.07, 6.45) is 1.97. The number of carbonyl (C=O) groups excluding carboxylic acids is 5. The van der Waals surface area contributed by atoms with Crippen LogP contribution in [-0.2, 0) is 107 Å². The Labute approximate surface area is 451 Å². The third-order valence-corrected chi connectivity index (χ3v) is 14.0. The molecule has 0 aromatic carbocycles. The van der Waals surface area contributed by atoms with Crippen molar-refractivity contribution in [2.24, 2.45) is 0 Å². The van der Waals surface area contributed by atoms with Gasteiger partial charge in [0.25, 0.3) is 0 Å². The number of amides is 2. The largest absolute Gasteiger partial charge is 0.382 e. The zero-order chi connectivity index (χ0) is 55.3. The molecule has 0 rings (SSSR count). The molecule has 3 atom stereocenters. The van der Waals surface area contributed by atoms with Crippen molar-refractivity contribution in [1.82, 2.24) is 10.6 Å². The van der Waals surface area contributed by atoms with Crippen molar-refractivity contribution >= 4 is 47.5 Å². The molecular formula is C50H95N2O21PS. The second-order valence-electron chi connectivity index (χ2n) is 17.1. The molecule has 3 unspecified atom stereocenters. The summed E-state index contributed by atoms with van der Waals surface area (Å²) < 4.78 is 80.7. The highest BCUT2D eigenvalue weighted by Gasteiger charge is 2.25. The van der Waals surface area contributed by atoms with Gasteiger partial charge in [-0.15, -0.1) is 0 Å². The average molecular weight is 1120 g/mol. The van der Waals surface area contributed by atoms with E-state index in [1.54, 1.807) is 21.3 Å². The molecule has 23 nitrogen and oxygen atoms in total. The zero-order valence-corrected chi connectivity index (χ0v) is 47.6. The first kappa shape index (κ1) is 73.0. The Kier molecular flexibility index (Phi) is 52.5. The molecular weight excluding hydrogens is 1030 g/mol. The van der Waals surface area contributed by atoms with E-state index in [1.165, 1.54) is 0 Å². The summed E-state index contributed by atoms with van der Waals surface area (Å²) in [6, 6.07) is -1.86. The monoisotopic (exact) mass is 1120 g/mol. The number of hydrogen-bond acceptors (Lipinski definition) is 21. The third kappa shape index (κ3) is 48.8. The number of carbonyl (C=O) groups is 5. The number of Topliss-reactive ketones (excluding diaryl/α,β-unsaturated/α-hetero) is 3. The minimum absolute atomic E-state index is 0.00420. The van der Waals surface area contributed by atoms with Crippen molar-refractivity contribution in [2.75, 3.05) is 193 Å². The molecule has 0 aromatic heterocycles. The number of rotatable bonds is 60. The van der Waals surface area contributed by atoms with Crippen LogP contribution in [0.25, 0.3) is 0 Å². The molecule has 0 aliphatic rings. The predicted octanol–water partition coefficient (Wildman–Crippen LogP) is 2.80. The van der Waals surface area contributed by atoms with E-state index in [2.05, 4.69) is 10.6 Å². The van der Waals surface area contributed by atoms with Crippen LogP contribution in [0.5, 0.6) is 0 Å². The van der Waals surface area contributed by atoms with Gasteiger partial charge < -0.3 is 86.4 Å². The summed E-state index contributed by atoms with van der Waals surface area (Å²) in [4.78, 5) is 75.6. The lowest BCUT2D eigenvalue weighted by molar-refractivity contribution is -0.130. The Morgan fingerprint density at radius 2 is 0.680 bits per heavy atom. The molecule has 0 heterocycles. The van der Waals surface area contributed by atoms with Crippen LogP contribution in [-0.4, -0.2) is 245 Å². The Morgan fingerprint density at radius 1 is 0.387 bits per heavy atom. The van der Waals surface area contributed by atoms with Gasteiger partial charge in [-0.3, -0.25) is 24.0 Å². The van der Waals surface area contributed by atoms with Crippen molar-refractivity contribution in [2.45, 2.75) is 102 Å². The summed E-state index contributed by atoms with van der Waals surface area (Å²) >= 11 is 5.06. The quantitative estimate of drug-likeness (QED) is 0.0584. The number of hydrogen-bond donors (Lipinski definition) is 3. The highest BCUT2D eigenvalue weighted by atomic mass is 32.5. The van der Waals surface area contributed by atoms with Crippen molar-refractivity contribution < 1.29 is 99.7 Å². The Bertz CT molecular complexity index is 1440. The number of nitrogens with one attached hydrogen (secondary N) is 2. The Balaban J connectivity index is 4.47.